The summed E-state index contributed by atoms with van der Waals surface area (Å²) in [6.07, 6.45) is 5.70. The normalized spacial score (nSPS) is 22.8. The van der Waals surface area contributed by atoms with Gasteiger partial charge in [0.05, 0.1) is 5.75 Å². The topological polar surface area (TPSA) is 63.2 Å². The second-order valence-corrected chi connectivity index (χ2v) is 8.35. The van der Waals surface area contributed by atoms with Gasteiger partial charge in [0.15, 0.2) is 9.84 Å². The molecule has 116 valence electrons. The lowest BCUT2D eigenvalue weighted by Crippen LogP contribution is -2.37. The molecule has 2 atom stereocenters. The SMILES string of the molecule is CC1CCCC(NC(=O)c2ccc(CS(C)(=O)=O)cc2)C1. The Labute approximate surface area is 126 Å². The number of benzene rings is 1. The second kappa shape index (κ2) is 6.60. The van der Waals surface area contributed by atoms with Gasteiger partial charge in [-0.15, -0.1) is 0 Å². The highest BCUT2D eigenvalue weighted by atomic mass is 32.2. The summed E-state index contributed by atoms with van der Waals surface area (Å²) in [7, 11) is -3.04. The van der Waals surface area contributed by atoms with Crippen LogP contribution >= 0.6 is 0 Å². The third-order valence-electron chi connectivity index (χ3n) is 3.92. The van der Waals surface area contributed by atoms with Crippen molar-refractivity contribution in [2.24, 2.45) is 5.92 Å². The van der Waals surface area contributed by atoms with Crippen LogP contribution in [0.15, 0.2) is 24.3 Å². The van der Waals surface area contributed by atoms with Gasteiger partial charge in [-0.3, -0.25) is 4.79 Å². The molecule has 0 radical (unpaired) electrons. The van der Waals surface area contributed by atoms with Crippen LogP contribution in [0.25, 0.3) is 0 Å². The maximum Gasteiger partial charge on any atom is 0.251 e. The molecule has 0 bridgehead atoms. The number of amides is 1. The quantitative estimate of drug-likeness (QED) is 0.929. The number of nitrogens with one attached hydrogen (secondary N) is 1. The lowest BCUT2D eigenvalue weighted by Gasteiger charge is -2.27. The first-order chi connectivity index (χ1) is 9.83. The van der Waals surface area contributed by atoms with Crippen molar-refractivity contribution in [3.63, 3.8) is 0 Å². The van der Waals surface area contributed by atoms with E-state index in [-0.39, 0.29) is 17.7 Å². The van der Waals surface area contributed by atoms with Gasteiger partial charge in [0.25, 0.3) is 5.91 Å². The molecular formula is C16H23NO3S. The van der Waals surface area contributed by atoms with E-state index in [1.165, 1.54) is 19.1 Å². The predicted octanol–water partition coefficient (Wildman–Crippen LogP) is 2.54. The van der Waals surface area contributed by atoms with Gasteiger partial charge in [-0.05, 0) is 36.5 Å². The second-order valence-electron chi connectivity index (χ2n) is 6.21. The smallest absolute Gasteiger partial charge is 0.251 e. The highest BCUT2D eigenvalue weighted by Crippen LogP contribution is 2.23. The summed E-state index contributed by atoms with van der Waals surface area (Å²) in [5.41, 5.74) is 1.30. The Morgan fingerprint density at radius 2 is 1.90 bits per heavy atom. The molecule has 0 saturated heterocycles. The molecular weight excluding hydrogens is 286 g/mol. The fourth-order valence-electron chi connectivity index (χ4n) is 2.89. The van der Waals surface area contributed by atoms with Crippen LogP contribution in [0.5, 0.6) is 0 Å². The molecule has 1 aliphatic rings. The lowest BCUT2D eigenvalue weighted by molar-refractivity contribution is 0.0921. The summed E-state index contributed by atoms with van der Waals surface area (Å²) in [6.45, 7) is 2.22. The number of carbonyl (C=O) groups is 1. The van der Waals surface area contributed by atoms with Crippen LogP contribution in [-0.2, 0) is 15.6 Å². The molecule has 4 nitrogen and oxygen atoms in total. The summed E-state index contributed by atoms with van der Waals surface area (Å²) in [5.74, 6) is 0.607. The first kappa shape index (κ1) is 16.0. The zero-order chi connectivity index (χ0) is 15.5. The van der Waals surface area contributed by atoms with Crippen LogP contribution in [0.1, 0.15) is 48.5 Å². The maximum absolute atomic E-state index is 12.2. The molecule has 2 unspecified atom stereocenters. The van der Waals surface area contributed by atoms with E-state index in [0.717, 1.165) is 12.8 Å². The molecule has 2 rings (SSSR count). The maximum atomic E-state index is 12.2. The highest BCUT2D eigenvalue weighted by molar-refractivity contribution is 7.89. The fourth-order valence-corrected chi connectivity index (χ4v) is 3.69. The Balaban J connectivity index is 1.96. The average molecular weight is 309 g/mol. The molecule has 1 N–H and O–H groups in total. The number of hydrogen-bond donors (Lipinski definition) is 1. The molecule has 1 saturated carbocycles. The Morgan fingerprint density at radius 1 is 1.24 bits per heavy atom. The van der Waals surface area contributed by atoms with Crippen molar-refractivity contribution in [1.82, 2.24) is 5.32 Å². The van der Waals surface area contributed by atoms with Crippen LogP contribution in [0.3, 0.4) is 0 Å². The Bertz CT molecular complexity index is 592. The minimum absolute atomic E-state index is 0.00897. The Morgan fingerprint density at radius 3 is 2.48 bits per heavy atom. The third-order valence-corrected chi connectivity index (χ3v) is 4.77. The van der Waals surface area contributed by atoms with Crippen LogP contribution in [0.2, 0.25) is 0 Å². The zero-order valence-electron chi connectivity index (χ0n) is 12.6. The fraction of sp³-hybridized carbons (Fsp3) is 0.562. The largest absolute Gasteiger partial charge is 0.349 e. The van der Waals surface area contributed by atoms with Crippen LogP contribution in [0, 0.1) is 5.92 Å². The molecule has 0 aromatic heterocycles. The molecule has 1 amide bonds. The highest BCUT2D eigenvalue weighted by Gasteiger charge is 2.20. The van der Waals surface area contributed by atoms with E-state index in [2.05, 4.69) is 12.2 Å². The zero-order valence-corrected chi connectivity index (χ0v) is 13.4. The van der Waals surface area contributed by atoms with Crippen LogP contribution in [-0.4, -0.2) is 26.6 Å². The van der Waals surface area contributed by atoms with E-state index in [9.17, 15) is 13.2 Å². The van der Waals surface area contributed by atoms with Gasteiger partial charge in [-0.2, -0.15) is 0 Å². The van der Waals surface area contributed by atoms with Crippen molar-refractivity contribution in [3.8, 4) is 0 Å². The van der Waals surface area contributed by atoms with Crippen molar-refractivity contribution in [1.29, 1.82) is 0 Å². The van der Waals surface area contributed by atoms with Gasteiger partial charge in [0.2, 0.25) is 0 Å². The average Bonchev–Trinajstić information content (AvgIpc) is 2.37. The number of carbonyl (C=O) groups excluding carboxylic acids is 1. The molecule has 1 fully saturated rings. The van der Waals surface area contributed by atoms with Crippen molar-refractivity contribution in [2.45, 2.75) is 44.4 Å². The van der Waals surface area contributed by atoms with E-state index >= 15 is 0 Å². The molecule has 5 heteroatoms. The van der Waals surface area contributed by atoms with Crippen molar-refractivity contribution < 1.29 is 13.2 Å². The van der Waals surface area contributed by atoms with Crippen LogP contribution in [0.4, 0.5) is 0 Å². The van der Waals surface area contributed by atoms with E-state index in [1.807, 2.05) is 0 Å². The van der Waals surface area contributed by atoms with E-state index < -0.39 is 9.84 Å². The predicted molar refractivity (Wildman–Crippen MR) is 83.9 cm³/mol. The molecule has 0 spiro atoms. The van der Waals surface area contributed by atoms with Crippen molar-refractivity contribution >= 4 is 15.7 Å². The number of hydrogen-bond acceptors (Lipinski definition) is 3. The van der Waals surface area contributed by atoms with Gasteiger partial charge in [-0.25, -0.2) is 8.42 Å². The van der Waals surface area contributed by atoms with Crippen LogP contribution < -0.4 is 5.32 Å². The molecule has 1 aromatic rings. The van der Waals surface area contributed by atoms with Crippen molar-refractivity contribution in [3.05, 3.63) is 35.4 Å². The number of sulfone groups is 1. The van der Waals surface area contributed by atoms with Crippen molar-refractivity contribution in [2.75, 3.05) is 6.26 Å². The lowest BCUT2D eigenvalue weighted by atomic mass is 9.87. The summed E-state index contributed by atoms with van der Waals surface area (Å²) < 4.78 is 22.5. The Kier molecular flexibility index (Phi) is 5.04. The first-order valence-electron chi connectivity index (χ1n) is 7.41. The molecule has 1 aromatic carbocycles. The standard InChI is InChI=1S/C16H23NO3S/c1-12-4-3-5-15(10-12)17-16(18)14-8-6-13(7-9-14)11-21(2,19)20/h6-9,12,15H,3-5,10-11H2,1-2H3,(H,17,18). The van der Waals surface area contributed by atoms with Gasteiger partial charge >= 0.3 is 0 Å². The van der Waals surface area contributed by atoms with E-state index in [1.54, 1.807) is 24.3 Å². The summed E-state index contributed by atoms with van der Waals surface area (Å²) >= 11 is 0. The summed E-state index contributed by atoms with van der Waals surface area (Å²) in [5, 5.41) is 3.08. The third kappa shape index (κ3) is 5.16. The van der Waals surface area contributed by atoms with Gasteiger partial charge in [0.1, 0.15) is 0 Å². The molecule has 0 heterocycles. The van der Waals surface area contributed by atoms with Gasteiger partial charge in [0, 0.05) is 17.9 Å². The summed E-state index contributed by atoms with van der Waals surface area (Å²) in [6, 6.07) is 7.07. The van der Waals surface area contributed by atoms with E-state index in [0.29, 0.717) is 17.0 Å². The molecule has 1 aliphatic carbocycles. The Hall–Kier alpha value is -1.36. The minimum Gasteiger partial charge on any atom is -0.349 e. The minimum atomic E-state index is -3.04. The van der Waals surface area contributed by atoms with Gasteiger partial charge < -0.3 is 5.32 Å². The van der Waals surface area contributed by atoms with Gasteiger partial charge in [-0.1, -0.05) is 31.9 Å². The van der Waals surface area contributed by atoms with E-state index in [4.69, 9.17) is 0 Å². The molecule has 21 heavy (non-hydrogen) atoms. The molecule has 0 aliphatic heterocycles. The number of rotatable bonds is 4. The summed E-state index contributed by atoms with van der Waals surface area (Å²) in [4.78, 5) is 12.2. The monoisotopic (exact) mass is 309 g/mol. The first-order valence-corrected chi connectivity index (χ1v) is 9.47.